The average molecular weight is 388 g/mol. The van der Waals surface area contributed by atoms with Crippen LogP contribution in [-0.2, 0) is 4.74 Å². The number of hydrogen-bond acceptors (Lipinski definition) is 4. The molecule has 1 N–H and O–H groups in total. The van der Waals surface area contributed by atoms with Gasteiger partial charge in [-0.15, -0.1) is 0 Å². The summed E-state index contributed by atoms with van der Waals surface area (Å²) in [7, 11) is 4.02. The predicted octanol–water partition coefficient (Wildman–Crippen LogP) is 4.46. The van der Waals surface area contributed by atoms with E-state index in [0.29, 0.717) is 25.0 Å². The largest absolute Gasteiger partial charge is 0.444 e. The van der Waals surface area contributed by atoms with Gasteiger partial charge in [0.2, 0.25) is 0 Å². The minimum atomic E-state index is -0.495. The van der Waals surface area contributed by atoms with Gasteiger partial charge in [-0.1, -0.05) is 38.7 Å². The van der Waals surface area contributed by atoms with E-state index in [-0.39, 0.29) is 6.09 Å². The van der Waals surface area contributed by atoms with Crippen LogP contribution in [0.15, 0.2) is 47.3 Å². The molecule has 0 aromatic rings. The molecule has 1 unspecified atom stereocenters. The lowest BCUT2D eigenvalue weighted by Crippen LogP contribution is -2.44. The number of nitrogens with one attached hydrogen (secondary N) is 1. The second-order valence-corrected chi connectivity index (χ2v) is 8.94. The van der Waals surface area contributed by atoms with Crippen molar-refractivity contribution in [3.63, 3.8) is 0 Å². The lowest BCUT2D eigenvalue weighted by atomic mass is 9.93. The van der Waals surface area contributed by atoms with Gasteiger partial charge < -0.3 is 19.9 Å². The Balaban J connectivity index is 2.20. The summed E-state index contributed by atoms with van der Waals surface area (Å²) in [5.41, 5.74) is 4.08. The van der Waals surface area contributed by atoms with Crippen LogP contribution in [0.1, 0.15) is 47.5 Å². The maximum absolute atomic E-state index is 12.5. The molecule has 1 heterocycles. The van der Waals surface area contributed by atoms with Crippen LogP contribution in [0.4, 0.5) is 4.79 Å². The molecule has 0 radical (unpaired) electrons. The number of hydrogen-bond donors (Lipinski definition) is 1. The quantitative estimate of drug-likeness (QED) is 0.757. The minimum Gasteiger partial charge on any atom is -0.444 e. The Labute approximate surface area is 170 Å². The zero-order valence-corrected chi connectivity index (χ0v) is 18.6. The predicted molar refractivity (Wildman–Crippen MR) is 116 cm³/mol. The van der Waals surface area contributed by atoms with Crippen LogP contribution in [-0.4, -0.2) is 54.7 Å². The van der Waals surface area contributed by atoms with Gasteiger partial charge in [0.15, 0.2) is 0 Å². The molecule has 0 saturated carbocycles. The van der Waals surface area contributed by atoms with Crippen molar-refractivity contribution >= 4 is 6.09 Å². The molecule has 2 aliphatic rings. The number of ether oxygens (including phenoxy) is 1. The van der Waals surface area contributed by atoms with Crippen LogP contribution in [0.5, 0.6) is 0 Å². The molecular weight excluding hydrogens is 350 g/mol. The first kappa shape index (κ1) is 22.1. The zero-order chi connectivity index (χ0) is 21.1. The van der Waals surface area contributed by atoms with Crippen molar-refractivity contribution in [1.82, 2.24) is 15.1 Å². The number of nitrogens with zero attached hydrogens (tertiary/aromatic N) is 2. The molecule has 0 aromatic carbocycles. The monoisotopic (exact) mass is 387 g/mol. The second kappa shape index (κ2) is 8.89. The summed E-state index contributed by atoms with van der Waals surface area (Å²) < 4.78 is 5.57. The lowest BCUT2D eigenvalue weighted by Gasteiger charge is -2.39. The summed E-state index contributed by atoms with van der Waals surface area (Å²) in [5.74, 6) is 0.554. The van der Waals surface area contributed by atoms with E-state index in [1.165, 1.54) is 11.3 Å². The third kappa shape index (κ3) is 5.43. The smallest absolute Gasteiger partial charge is 0.410 e. The van der Waals surface area contributed by atoms with E-state index in [2.05, 4.69) is 55.9 Å². The van der Waals surface area contributed by atoms with Crippen LogP contribution in [0.25, 0.3) is 0 Å². The van der Waals surface area contributed by atoms with Crippen LogP contribution < -0.4 is 5.32 Å². The van der Waals surface area contributed by atoms with Gasteiger partial charge >= 0.3 is 6.09 Å². The summed E-state index contributed by atoms with van der Waals surface area (Å²) >= 11 is 0. The van der Waals surface area contributed by atoms with Crippen LogP contribution >= 0.6 is 0 Å². The third-order valence-corrected chi connectivity index (χ3v) is 5.33. The summed E-state index contributed by atoms with van der Waals surface area (Å²) in [5, 5.41) is 3.16. The maximum Gasteiger partial charge on any atom is 0.410 e. The molecule has 5 heteroatoms. The van der Waals surface area contributed by atoms with Gasteiger partial charge in [0.05, 0.1) is 12.6 Å². The SMILES string of the molecule is C=C(NC)C1=C(N(C)C2C=CC(C(C)C)=CC2)CCN(C(=O)OC(C)(C)C)C1. The van der Waals surface area contributed by atoms with E-state index >= 15 is 0 Å². The van der Waals surface area contributed by atoms with Gasteiger partial charge in [0, 0.05) is 44.0 Å². The number of likely N-dealkylation sites (N-methyl/N-ethyl adjacent to an activating group) is 2. The molecule has 0 bridgehead atoms. The van der Waals surface area contributed by atoms with Gasteiger partial charge in [-0.05, 0) is 38.7 Å². The van der Waals surface area contributed by atoms with E-state index in [9.17, 15) is 4.79 Å². The van der Waals surface area contributed by atoms with Gasteiger partial charge in [-0.3, -0.25) is 0 Å². The summed E-state index contributed by atoms with van der Waals surface area (Å²) in [4.78, 5) is 16.7. The highest BCUT2D eigenvalue weighted by Crippen LogP contribution is 2.29. The minimum absolute atomic E-state index is 0.266. The Morgan fingerprint density at radius 2 is 2.07 bits per heavy atom. The first-order valence-electron chi connectivity index (χ1n) is 10.2. The normalized spacial score (nSPS) is 20.2. The fraction of sp³-hybridized carbons (Fsp3) is 0.609. The van der Waals surface area contributed by atoms with E-state index in [1.54, 1.807) is 4.90 Å². The third-order valence-electron chi connectivity index (χ3n) is 5.33. The van der Waals surface area contributed by atoms with Gasteiger partial charge in [-0.2, -0.15) is 0 Å². The maximum atomic E-state index is 12.5. The molecule has 1 aliphatic heterocycles. The van der Waals surface area contributed by atoms with E-state index in [1.807, 2.05) is 27.8 Å². The molecule has 0 saturated heterocycles. The summed E-state index contributed by atoms with van der Waals surface area (Å²) in [6.45, 7) is 15.5. The standard InChI is InChI=1S/C23H37N3O2/c1-16(2)18-9-11-19(12-10-18)25(8)21-13-14-26(15-20(21)17(3)24-7)22(27)28-23(4,5)6/h9-11,16,19,24H,3,12-15H2,1-2,4-8H3. The summed E-state index contributed by atoms with van der Waals surface area (Å²) in [6.07, 6.45) is 8.41. The molecule has 156 valence electrons. The number of carbonyl (C=O) groups excluding carboxylic acids is 1. The number of allylic oxidation sites excluding steroid dienone is 2. The van der Waals surface area contributed by atoms with Crippen LogP contribution in [0.3, 0.4) is 0 Å². The molecule has 1 atom stereocenters. The molecular formula is C23H37N3O2. The molecule has 5 nitrogen and oxygen atoms in total. The molecule has 0 aromatic heterocycles. The lowest BCUT2D eigenvalue weighted by molar-refractivity contribution is 0.0253. The Bertz CT molecular complexity index is 695. The molecule has 1 aliphatic carbocycles. The van der Waals surface area contributed by atoms with Gasteiger partial charge in [-0.25, -0.2) is 4.79 Å². The average Bonchev–Trinajstić information content (AvgIpc) is 2.65. The molecule has 0 fully saturated rings. The van der Waals surface area contributed by atoms with Crippen LogP contribution in [0.2, 0.25) is 0 Å². The highest BCUT2D eigenvalue weighted by molar-refractivity contribution is 5.69. The van der Waals surface area contributed by atoms with E-state index in [0.717, 1.165) is 24.1 Å². The Morgan fingerprint density at radius 1 is 1.39 bits per heavy atom. The number of rotatable bonds is 5. The first-order valence-corrected chi connectivity index (χ1v) is 10.2. The van der Waals surface area contributed by atoms with Crippen molar-refractivity contribution < 1.29 is 9.53 Å². The molecule has 0 spiro atoms. The van der Waals surface area contributed by atoms with Gasteiger partial charge in [0.1, 0.15) is 5.60 Å². The zero-order valence-electron chi connectivity index (χ0n) is 18.6. The van der Waals surface area contributed by atoms with Crippen molar-refractivity contribution in [2.45, 2.75) is 59.1 Å². The van der Waals surface area contributed by atoms with Crippen LogP contribution in [0, 0.1) is 5.92 Å². The number of carbonyl (C=O) groups is 1. The topological polar surface area (TPSA) is 44.8 Å². The highest BCUT2D eigenvalue weighted by Gasteiger charge is 2.30. The fourth-order valence-corrected chi connectivity index (χ4v) is 3.59. The van der Waals surface area contributed by atoms with Crippen molar-refractivity contribution in [2.75, 3.05) is 27.2 Å². The Morgan fingerprint density at radius 3 is 2.57 bits per heavy atom. The van der Waals surface area contributed by atoms with Crippen molar-refractivity contribution in [1.29, 1.82) is 0 Å². The van der Waals surface area contributed by atoms with Crippen molar-refractivity contribution in [2.24, 2.45) is 5.92 Å². The van der Waals surface area contributed by atoms with Gasteiger partial charge in [0.25, 0.3) is 0 Å². The number of amides is 1. The molecule has 28 heavy (non-hydrogen) atoms. The first-order chi connectivity index (χ1) is 13.0. The Hall–Kier alpha value is -2.17. The van der Waals surface area contributed by atoms with Crippen molar-refractivity contribution in [3.8, 4) is 0 Å². The summed E-state index contributed by atoms with van der Waals surface area (Å²) in [6, 6.07) is 0.324. The molecule has 1 amide bonds. The van der Waals surface area contributed by atoms with E-state index in [4.69, 9.17) is 4.74 Å². The molecule has 2 rings (SSSR count). The van der Waals surface area contributed by atoms with Crippen molar-refractivity contribution in [3.05, 3.63) is 47.3 Å². The Kier molecular flexibility index (Phi) is 7.02. The van der Waals surface area contributed by atoms with E-state index < -0.39 is 5.60 Å². The fourth-order valence-electron chi connectivity index (χ4n) is 3.59. The second-order valence-electron chi connectivity index (χ2n) is 8.94. The highest BCUT2D eigenvalue weighted by atomic mass is 16.6.